The van der Waals surface area contributed by atoms with Gasteiger partial charge in [-0.2, -0.15) is 0 Å². The van der Waals surface area contributed by atoms with E-state index in [4.69, 9.17) is 0 Å². The van der Waals surface area contributed by atoms with Crippen molar-refractivity contribution in [2.24, 2.45) is 0 Å². The van der Waals surface area contributed by atoms with Gasteiger partial charge in [0, 0.05) is 18.8 Å². The highest BCUT2D eigenvalue weighted by atomic mass is 19.1. The lowest BCUT2D eigenvalue weighted by Gasteiger charge is -2.28. The lowest BCUT2D eigenvalue weighted by atomic mass is 10.1. The number of carbonyl (C=O) groups is 1. The number of urea groups is 1. The maximum absolute atomic E-state index is 12.9. The summed E-state index contributed by atoms with van der Waals surface area (Å²) in [6, 6.07) is 4.37. The van der Waals surface area contributed by atoms with Crippen LogP contribution in [0.25, 0.3) is 0 Å². The first-order valence-electron chi connectivity index (χ1n) is 5.00. The summed E-state index contributed by atoms with van der Waals surface area (Å²) in [5.41, 5.74) is 1.57. The van der Waals surface area contributed by atoms with E-state index >= 15 is 0 Å². The number of hydrogen-bond acceptors (Lipinski definition) is 1. The van der Waals surface area contributed by atoms with Gasteiger partial charge in [0.2, 0.25) is 0 Å². The summed E-state index contributed by atoms with van der Waals surface area (Å²) in [6.07, 6.45) is 0.919. The Balaban J connectivity index is 2.31. The molecule has 1 saturated heterocycles. The van der Waals surface area contributed by atoms with Crippen molar-refractivity contribution < 1.29 is 9.18 Å². The molecule has 15 heavy (non-hydrogen) atoms. The average Bonchev–Trinajstić information content (AvgIpc) is 2.20. The van der Waals surface area contributed by atoms with E-state index in [-0.39, 0.29) is 11.8 Å². The Bertz CT molecular complexity index is 392. The van der Waals surface area contributed by atoms with Crippen molar-refractivity contribution in [1.29, 1.82) is 0 Å². The molecule has 0 aliphatic carbocycles. The molecule has 1 heterocycles. The van der Waals surface area contributed by atoms with Gasteiger partial charge >= 0.3 is 6.03 Å². The van der Waals surface area contributed by atoms with Crippen molar-refractivity contribution in [2.75, 3.05) is 18.0 Å². The molecule has 1 fully saturated rings. The van der Waals surface area contributed by atoms with E-state index in [1.165, 1.54) is 12.1 Å². The van der Waals surface area contributed by atoms with Gasteiger partial charge < -0.3 is 5.32 Å². The van der Waals surface area contributed by atoms with E-state index < -0.39 is 0 Å². The molecule has 1 N–H and O–H groups in total. The second kappa shape index (κ2) is 3.88. The number of amides is 2. The van der Waals surface area contributed by atoms with Crippen LogP contribution in [0.15, 0.2) is 18.2 Å². The van der Waals surface area contributed by atoms with Gasteiger partial charge in [-0.05, 0) is 37.1 Å². The van der Waals surface area contributed by atoms with Crippen LogP contribution in [0.2, 0.25) is 0 Å². The molecule has 0 bridgehead atoms. The molecule has 0 unspecified atom stereocenters. The monoisotopic (exact) mass is 208 g/mol. The van der Waals surface area contributed by atoms with Gasteiger partial charge in [-0.15, -0.1) is 0 Å². The zero-order valence-electron chi connectivity index (χ0n) is 8.59. The van der Waals surface area contributed by atoms with Crippen LogP contribution >= 0.6 is 0 Å². The third-order valence-electron chi connectivity index (χ3n) is 2.53. The minimum Gasteiger partial charge on any atom is -0.338 e. The van der Waals surface area contributed by atoms with Gasteiger partial charge in [-0.1, -0.05) is 0 Å². The topological polar surface area (TPSA) is 32.3 Å². The second-order valence-corrected chi connectivity index (χ2v) is 3.67. The van der Waals surface area contributed by atoms with Gasteiger partial charge in [0.1, 0.15) is 5.82 Å². The molecule has 0 radical (unpaired) electrons. The molecule has 1 aromatic rings. The van der Waals surface area contributed by atoms with Gasteiger partial charge in [0.25, 0.3) is 0 Å². The summed E-state index contributed by atoms with van der Waals surface area (Å²) >= 11 is 0. The normalized spacial score (nSPS) is 16.4. The SMILES string of the molecule is Cc1cc(F)ccc1N1CCCNC1=O. The van der Waals surface area contributed by atoms with Gasteiger partial charge in [0.05, 0.1) is 0 Å². The molecule has 1 aliphatic heterocycles. The van der Waals surface area contributed by atoms with Crippen molar-refractivity contribution in [3.8, 4) is 0 Å². The molecule has 1 aliphatic rings. The Kier molecular flexibility index (Phi) is 2.58. The number of nitrogens with zero attached hydrogens (tertiary/aromatic N) is 1. The molecular formula is C11H13FN2O. The minimum atomic E-state index is -0.270. The molecule has 4 heteroatoms. The first kappa shape index (κ1) is 9.96. The van der Waals surface area contributed by atoms with Gasteiger partial charge in [-0.3, -0.25) is 4.90 Å². The number of nitrogens with one attached hydrogen (secondary N) is 1. The average molecular weight is 208 g/mol. The van der Waals surface area contributed by atoms with Crippen molar-refractivity contribution in [3.05, 3.63) is 29.6 Å². The maximum Gasteiger partial charge on any atom is 0.321 e. The van der Waals surface area contributed by atoms with Crippen LogP contribution in [0.3, 0.4) is 0 Å². The molecule has 0 spiro atoms. The first-order valence-corrected chi connectivity index (χ1v) is 5.00. The highest BCUT2D eigenvalue weighted by Crippen LogP contribution is 2.22. The van der Waals surface area contributed by atoms with Gasteiger partial charge in [-0.25, -0.2) is 9.18 Å². The van der Waals surface area contributed by atoms with Crippen molar-refractivity contribution in [2.45, 2.75) is 13.3 Å². The minimum absolute atomic E-state index is 0.101. The Morgan fingerprint density at radius 1 is 1.47 bits per heavy atom. The molecule has 3 nitrogen and oxygen atoms in total. The van der Waals surface area contributed by atoms with Gasteiger partial charge in [0.15, 0.2) is 0 Å². The Morgan fingerprint density at radius 3 is 2.93 bits per heavy atom. The smallest absolute Gasteiger partial charge is 0.321 e. The number of carbonyl (C=O) groups excluding carboxylic acids is 1. The van der Waals surface area contributed by atoms with Crippen LogP contribution in [-0.4, -0.2) is 19.1 Å². The molecule has 0 saturated carbocycles. The Hall–Kier alpha value is -1.58. The Morgan fingerprint density at radius 2 is 2.27 bits per heavy atom. The number of halogens is 1. The van der Waals surface area contributed by atoms with Crippen molar-refractivity contribution in [1.82, 2.24) is 5.32 Å². The number of benzene rings is 1. The van der Waals surface area contributed by atoms with E-state index in [0.29, 0.717) is 6.54 Å². The highest BCUT2D eigenvalue weighted by Gasteiger charge is 2.20. The standard InChI is InChI=1S/C11H13FN2O/c1-8-7-9(12)3-4-10(8)14-6-2-5-13-11(14)15/h3-4,7H,2,5-6H2,1H3,(H,13,15). The maximum atomic E-state index is 12.9. The zero-order valence-corrected chi connectivity index (χ0v) is 8.59. The second-order valence-electron chi connectivity index (χ2n) is 3.67. The first-order chi connectivity index (χ1) is 7.18. The third kappa shape index (κ3) is 1.93. The molecule has 2 amide bonds. The summed E-state index contributed by atoms with van der Waals surface area (Å²) in [5.74, 6) is -0.270. The number of aryl methyl sites for hydroxylation is 1. The fourth-order valence-corrected chi connectivity index (χ4v) is 1.78. The fraction of sp³-hybridized carbons (Fsp3) is 0.364. The van der Waals surface area contributed by atoms with Crippen LogP contribution in [0.1, 0.15) is 12.0 Å². The van der Waals surface area contributed by atoms with Crippen LogP contribution in [0.4, 0.5) is 14.9 Å². The summed E-state index contributed by atoms with van der Waals surface area (Å²) < 4.78 is 12.9. The Labute approximate surface area is 87.9 Å². The highest BCUT2D eigenvalue weighted by molar-refractivity contribution is 5.93. The molecular weight excluding hydrogens is 195 g/mol. The van der Waals surface area contributed by atoms with E-state index in [1.807, 2.05) is 0 Å². The van der Waals surface area contributed by atoms with Crippen molar-refractivity contribution >= 4 is 11.7 Å². The van der Waals surface area contributed by atoms with Crippen molar-refractivity contribution in [3.63, 3.8) is 0 Å². The zero-order chi connectivity index (χ0) is 10.8. The third-order valence-corrected chi connectivity index (χ3v) is 2.53. The van der Waals surface area contributed by atoms with E-state index in [9.17, 15) is 9.18 Å². The summed E-state index contributed by atoms with van der Waals surface area (Å²) in [7, 11) is 0. The quantitative estimate of drug-likeness (QED) is 0.752. The van der Waals surface area contributed by atoms with Crippen LogP contribution in [0.5, 0.6) is 0 Å². The van der Waals surface area contributed by atoms with Crippen LogP contribution < -0.4 is 10.2 Å². The summed E-state index contributed by atoms with van der Waals surface area (Å²) in [5, 5.41) is 2.77. The summed E-state index contributed by atoms with van der Waals surface area (Å²) in [6.45, 7) is 3.22. The molecule has 0 aromatic heterocycles. The number of rotatable bonds is 1. The molecule has 80 valence electrons. The van der Waals surface area contributed by atoms with E-state index in [0.717, 1.165) is 24.2 Å². The lowest BCUT2D eigenvalue weighted by molar-refractivity contribution is 0.243. The van der Waals surface area contributed by atoms with E-state index in [1.54, 1.807) is 17.9 Å². The van der Waals surface area contributed by atoms with Crippen LogP contribution in [0, 0.1) is 12.7 Å². The summed E-state index contributed by atoms with van der Waals surface area (Å²) in [4.78, 5) is 13.2. The predicted molar refractivity (Wildman–Crippen MR) is 56.5 cm³/mol. The van der Waals surface area contributed by atoms with E-state index in [2.05, 4.69) is 5.32 Å². The molecule has 2 rings (SSSR count). The van der Waals surface area contributed by atoms with Crippen LogP contribution in [-0.2, 0) is 0 Å². The lowest BCUT2D eigenvalue weighted by Crippen LogP contribution is -2.46. The molecule has 0 atom stereocenters. The largest absolute Gasteiger partial charge is 0.338 e. The number of hydrogen-bond donors (Lipinski definition) is 1. The number of anilines is 1. The molecule has 1 aromatic carbocycles. The predicted octanol–water partition coefficient (Wildman–Crippen LogP) is 2.05. The fourth-order valence-electron chi connectivity index (χ4n) is 1.78.